The summed E-state index contributed by atoms with van der Waals surface area (Å²) >= 11 is 0. The van der Waals surface area contributed by atoms with Gasteiger partial charge in [0.15, 0.2) is 0 Å². The number of hydrogen-bond donors (Lipinski definition) is 0. The molecule has 0 saturated carbocycles. The van der Waals surface area contributed by atoms with E-state index in [1.807, 2.05) is 157 Å². The van der Waals surface area contributed by atoms with Crippen LogP contribution in [0.4, 0.5) is 14.5 Å². The fourth-order valence-corrected chi connectivity index (χ4v) is 14.7. The van der Waals surface area contributed by atoms with Gasteiger partial charge in [0.25, 0.3) is 0 Å². The van der Waals surface area contributed by atoms with Gasteiger partial charge in [-0.1, -0.05) is 187 Å². The second-order valence-corrected chi connectivity index (χ2v) is 29.5. The van der Waals surface area contributed by atoms with Crippen molar-refractivity contribution in [2.75, 3.05) is 0 Å². The van der Waals surface area contributed by atoms with E-state index in [0.29, 0.717) is 0 Å². The van der Waals surface area contributed by atoms with Crippen molar-refractivity contribution in [3.8, 4) is 96.1 Å². The van der Waals surface area contributed by atoms with Gasteiger partial charge >= 0.3 is 0 Å². The summed E-state index contributed by atoms with van der Waals surface area (Å²) in [6, 6.07) is 105. The number of hydrogen-bond acceptors (Lipinski definition) is 7. The molecule has 7 heterocycles. The summed E-state index contributed by atoms with van der Waals surface area (Å²) in [6.45, 7) is 27.9. The summed E-state index contributed by atoms with van der Waals surface area (Å²) in [4.78, 5) is 8.14. The molecule has 0 atom stereocenters. The number of rotatable bonds is 11. The Balaban J connectivity index is 0.000000162. The minimum atomic E-state index is -0.604. The molecule has 20 rings (SSSR count). The molecule has 13 nitrogen and oxygen atoms in total. The van der Waals surface area contributed by atoms with Crippen LogP contribution < -0.4 is 0 Å². The van der Waals surface area contributed by atoms with E-state index in [9.17, 15) is 8.78 Å². The third kappa shape index (κ3) is 21.0. The predicted octanol–water partition coefficient (Wildman–Crippen LogP) is 27.3. The molecular weight excluding hydrogens is 2270 g/mol. The second-order valence-electron chi connectivity index (χ2n) is 29.5. The Hall–Kier alpha value is -12.5. The molecule has 125 heavy (non-hydrogen) atoms. The molecule has 0 aliphatic rings. The maximum Gasteiger partial charge on any atom is 0.118 e. The largest absolute Gasteiger partial charge is 0.513 e. The maximum atomic E-state index is 14.2. The molecule has 4 radical (unpaired) electrons. The average molecular weight is 2350 g/mol. The molecule has 0 saturated heterocycles. The molecule has 13 aromatic carbocycles. The van der Waals surface area contributed by atoms with E-state index in [0.717, 1.165) is 134 Å². The summed E-state index contributed by atoms with van der Waals surface area (Å²) < 4.78 is 48.3. The fourth-order valence-electron chi connectivity index (χ4n) is 14.7. The van der Waals surface area contributed by atoms with Crippen molar-refractivity contribution >= 4 is 49.6 Å². The van der Waals surface area contributed by atoms with Crippen molar-refractivity contribution in [1.29, 1.82) is 0 Å². The van der Waals surface area contributed by atoms with Crippen molar-refractivity contribution in [3.63, 3.8) is 0 Å². The number of nitrogens with zero attached hydrogens (tertiary/aromatic N) is 11. The molecule has 0 fully saturated rings. The van der Waals surface area contributed by atoms with Crippen LogP contribution in [0.1, 0.15) is 70.5 Å². The number of aryl methyl sites for hydroxylation is 10. The van der Waals surface area contributed by atoms with Crippen molar-refractivity contribution in [3.05, 3.63) is 413 Å². The van der Waals surface area contributed by atoms with Crippen LogP contribution in [-0.2, 0) is 80.4 Å². The van der Waals surface area contributed by atoms with Gasteiger partial charge in [-0.05, 0) is 180 Å². The van der Waals surface area contributed by atoms with Crippen LogP contribution in [0.15, 0.2) is 313 Å². The normalized spacial score (nSPS) is 10.5. The van der Waals surface area contributed by atoms with Crippen molar-refractivity contribution in [2.45, 2.75) is 84.1 Å². The fraction of sp³-hybridized carbons (Fsp3) is 0.113. The zero-order valence-corrected chi connectivity index (χ0v) is 78.3. The van der Waals surface area contributed by atoms with Gasteiger partial charge < -0.3 is 13.4 Å². The van der Waals surface area contributed by atoms with Gasteiger partial charge in [0, 0.05) is 178 Å². The third-order valence-electron chi connectivity index (χ3n) is 20.7. The van der Waals surface area contributed by atoms with Crippen LogP contribution >= 0.6 is 0 Å². The average Bonchev–Trinajstić information content (AvgIpc) is 1.60. The number of aromatic nitrogens is 10. The van der Waals surface area contributed by atoms with Crippen molar-refractivity contribution < 1.29 is 98.0 Å². The standard InChI is InChI=1S/C24H21N2.C23H17N2O.C22H15N2O.C18H13FN3.C17H14FN2.2CH4.4Ir/c1-17-9-7-14-21(15-17)22-16-26(23-18(2)10-8-11-19(23)3)24(25-22)20-12-5-4-6-13-20;1-15-10-11-16(2)19(14-15)20-12-13-25(24-20)21-8-5-7-18-17-6-3-4-9-22(17)26-23(18)21;1-15-6-4-7-16(14-15)19-12-13-24(23-19)20-10-5-9-18-17-8-2-3-11-21(17)25-22(18)20;1-12-7-8-14(13(2)11-12)15-9-10-22(21-15)17-6-4-5-16(20-3)18(17)19;1-12-3-4-13(2)16(11-12)17-9-10-20(19-17)15-7-5-14(18)6-8-15;;;;;;/h4-12,14-16H,1-3H3;3-7,9-14H,1-2H3;2-9,11-14H,1H3;4-5,7-11H,1-2H3;3-7,9-11H,1-2H3;2*1H4;;;;/q5*-1;;;;;;. The Kier molecular flexibility index (Phi) is 32.0. The van der Waals surface area contributed by atoms with E-state index in [4.69, 9.17) is 30.6 Å². The molecular formula is C106H88F2Ir4N11O2-5. The zero-order valence-electron chi connectivity index (χ0n) is 68.7. The Bertz CT molecular complexity index is 7130. The van der Waals surface area contributed by atoms with E-state index in [1.54, 1.807) is 16.9 Å². The molecule has 0 bridgehead atoms. The van der Waals surface area contributed by atoms with Gasteiger partial charge in [-0.15, -0.1) is 54.1 Å². The Morgan fingerprint density at radius 1 is 0.360 bits per heavy atom. The summed E-state index contributed by atoms with van der Waals surface area (Å²) in [6.07, 6.45) is 9.60. The molecule has 0 unspecified atom stereocenters. The first-order valence-corrected chi connectivity index (χ1v) is 39.0. The summed E-state index contributed by atoms with van der Waals surface area (Å²) in [5.74, 6) is 0.0166. The smallest absolute Gasteiger partial charge is 0.118 e. The zero-order chi connectivity index (χ0) is 82.4. The van der Waals surface area contributed by atoms with Crippen molar-refractivity contribution in [2.24, 2.45) is 0 Å². The quantitative estimate of drug-likeness (QED) is 0.118. The Morgan fingerprint density at radius 3 is 1.35 bits per heavy atom. The first-order chi connectivity index (χ1) is 57.9. The molecule has 0 aliphatic heterocycles. The predicted molar refractivity (Wildman–Crippen MR) is 486 cm³/mol. The molecule has 0 spiro atoms. The topological polar surface area (TPSA) is 120 Å². The van der Waals surface area contributed by atoms with Crippen LogP contribution in [0.3, 0.4) is 0 Å². The molecule has 0 amide bonds. The number of imidazole rings is 1. The van der Waals surface area contributed by atoms with Gasteiger partial charge in [0.1, 0.15) is 16.9 Å². The van der Waals surface area contributed by atoms with Gasteiger partial charge in [0.05, 0.1) is 40.9 Å². The van der Waals surface area contributed by atoms with Crippen LogP contribution in [0.2, 0.25) is 0 Å². The van der Waals surface area contributed by atoms with Crippen molar-refractivity contribution in [1.82, 2.24) is 48.7 Å². The maximum absolute atomic E-state index is 14.2. The van der Waals surface area contributed by atoms with E-state index in [-0.39, 0.29) is 112 Å². The van der Waals surface area contributed by atoms with E-state index < -0.39 is 5.82 Å². The first kappa shape index (κ1) is 94.7. The van der Waals surface area contributed by atoms with E-state index >= 15 is 0 Å². The summed E-state index contributed by atoms with van der Waals surface area (Å²) in [5, 5.41) is 22.9. The molecule has 7 aromatic heterocycles. The van der Waals surface area contributed by atoms with Gasteiger partial charge in [-0.3, -0.25) is 37.3 Å². The number of halogens is 2. The summed E-state index contributed by atoms with van der Waals surface area (Å²) in [7, 11) is 0. The van der Waals surface area contributed by atoms with E-state index in [1.165, 1.54) is 84.7 Å². The van der Waals surface area contributed by atoms with E-state index in [2.05, 4.69) is 239 Å². The Morgan fingerprint density at radius 2 is 0.824 bits per heavy atom. The number of benzene rings is 13. The van der Waals surface area contributed by atoms with Gasteiger partial charge in [-0.2, -0.15) is 81.1 Å². The first-order valence-electron chi connectivity index (χ1n) is 39.0. The van der Waals surface area contributed by atoms with Crippen LogP contribution in [0.25, 0.3) is 145 Å². The minimum absolute atomic E-state index is 0. The van der Waals surface area contributed by atoms with Crippen LogP contribution in [0.5, 0.6) is 0 Å². The molecule has 0 N–H and O–H groups in total. The molecule has 19 heteroatoms. The minimum Gasteiger partial charge on any atom is -0.513 e. The monoisotopic (exact) mass is 2360 g/mol. The SMILES string of the molecule is C.C.Cc1ccc(C)c(-c2ccn(-c3[c-]cc(F)cc3)n2)c1.Cc1ccc(C)c(-c2ccn(-c3[c-]ccc4c3oc3ccccc34)n2)c1.Cc1cccc(-c2ccn(-c3[c-]ccc4c3oc3ccccc34)n2)c1.Cc1cccc(-c2cn(-c3c(C)cccc3C)c(-c3[c-]cccc3)n2)c1.[C-]#[N+]c1cc[c-]c(-n2ccc(-c3ccc(C)cc3C)n2)c1F.[Ir].[Ir].[Ir].[Ir]. The second kappa shape index (κ2) is 42.2. The molecule has 0 aliphatic carbocycles. The van der Waals surface area contributed by atoms with Crippen LogP contribution in [-0.4, -0.2) is 48.7 Å². The molecule has 634 valence electrons. The number of furan rings is 2. The van der Waals surface area contributed by atoms with Gasteiger partial charge in [0.2, 0.25) is 0 Å². The Labute approximate surface area is 782 Å². The van der Waals surface area contributed by atoms with Crippen LogP contribution in [0, 0.1) is 118 Å². The number of fused-ring (bicyclic) bond motifs is 6. The third-order valence-corrected chi connectivity index (χ3v) is 20.7. The number of para-hydroxylation sites is 3. The summed E-state index contributed by atoms with van der Waals surface area (Å²) in [5.41, 5.74) is 30.2. The molecule has 20 aromatic rings. The van der Waals surface area contributed by atoms with Gasteiger partial charge in [-0.25, -0.2) is 0 Å².